The molecule has 0 aliphatic heterocycles. The Morgan fingerprint density at radius 3 is 2.79 bits per heavy atom. The zero-order valence-electron chi connectivity index (χ0n) is 6.99. The second kappa shape index (κ2) is 5.46. The van der Waals surface area contributed by atoms with Crippen molar-refractivity contribution < 1.29 is 9.13 Å². The summed E-state index contributed by atoms with van der Waals surface area (Å²) in [5, 5.41) is 0. The van der Waals surface area contributed by atoms with Crippen LogP contribution in [0.1, 0.15) is 0 Å². The van der Waals surface area contributed by atoms with Crippen molar-refractivity contribution in [2.45, 2.75) is 0 Å². The lowest BCUT2D eigenvalue weighted by Crippen LogP contribution is -1.97. The molecule has 0 N–H and O–H groups in total. The average Bonchev–Trinajstić information content (AvgIpc) is 2.18. The molecule has 76 valence electrons. The molecule has 0 aromatic heterocycles. The van der Waals surface area contributed by atoms with E-state index >= 15 is 0 Å². The van der Waals surface area contributed by atoms with E-state index in [9.17, 15) is 4.39 Å². The first kappa shape index (κ1) is 12.4. The molecule has 0 atom stereocenters. The minimum Gasteiger partial charge on any atom is -0.486 e. The van der Waals surface area contributed by atoms with Gasteiger partial charge in [0.05, 0.1) is 4.47 Å². The molecule has 1 aromatic rings. The molecule has 0 unspecified atom stereocenters. The van der Waals surface area contributed by atoms with Crippen LogP contribution in [0.25, 0.3) is 0 Å². The van der Waals surface area contributed by atoms with E-state index in [1.54, 1.807) is 12.1 Å². The Morgan fingerprint density at radius 1 is 1.57 bits per heavy atom. The second-order valence-electron chi connectivity index (χ2n) is 2.40. The molecule has 0 bridgehead atoms. The average molecular weight is 436 g/mol. The fraction of sp³-hybridized carbons (Fsp3) is 0.111. The Hall–Kier alpha value is 0.380. The van der Waals surface area contributed by atoms with Crippen LogP contribution in [0.3, 0.4) is 0 Å². The lowest BCUT2D eigenvalue weighted by atomic mass is 10.3. The number of ether oxygens (including phenoxy) is 1. The summed E-state index contributed by atoms with van der Waals surface area (Å²) in [4.78, 5) is 0. The van der Waals surface area contributed by atoms with Crippen molar-refractivity contribution >= 4 is 54.5 Å². The van der Waals surface area contributed by atoms with Crippen LogP contribution in [0.5, 0.6) is 5.75 Å². The van der Waals surface area contributed by atoms with Gasteiger partial charge in [0, 0.05) is 8.04 Å². The van der Waals surface area contributed by atoms with E-state index in [2.05, 4.69) is 38.4 Å². The molecule has 0 radical (unpaired) electrons. The summed E-state index contributed by atoms with van der Waals surface area (Å²) in [6.07, 6.45) is 1.57. The van der Waals surface area contributed by atoms with Gasteiger partial charge < -0.3 is 4.74 Å². The van der Waals surface area contributed by atoms with Crippen LogP contribution in [-0.2, 0) is 0 Å². The van der Waals surface area contributed by atoms with E-state index in [4.69, 9.17) is 4.74 Å². The summed E-state index contributed by atoms with van der Waals surface area (Å²) in [6.45, 7) is 3.78. The minimum absolute atomic E-state index is 0.212. The number of hydrogen-bond donors (Lipinski definition) is 0. The van der Waals surface area contributed by atoms with E-state index in [1.807, 2.05) is 22.6 Å². The predicted molar refractivity (Wildman–Crippen MR) is 70.2 cm³/mol. The first-order valence-corrected chi connectivity index (χ1v) is 6.31. The third kappa shape index (κ3) is 2.70. The molecule has 0 fully saturated rings. The highest BCUT2D eigenvalue weighted by atomic mass is 127. The Bertz CT molecular complexity index is 368. The van der Waals surface area contributed by atoms with E-state index in [0.717, 1.165) is 8.04 Å². The lowest BCUT2D eigenvalue weighted by molar-refractivity contribution is 0.340. The van der Waals surface area contributed by atoms with Crippen molar-refractivity contribution in [2.24, 2.45) is 0 Å². The molecule has 0 aliphatic carbocycles. The Morgan fingerprint density at radius 2 is 2.21 bits per heavy atom. The number of benzene rings is 1. The van der Waals surface area contributed by atoms with E-state index in [0.29, 0.717) is 4.47 Å². The van der Waals surface area contributed by atoms with Gasteiger partial charge in [0.1, 0.15) is 6.61 Å². The molecule has 0 saturated carbocycles. The van der Waals surface area contributed by atoms with Gasteiger partial charge in [-0.3, -0.25) is 0 Å². The van der Waals surface area contributed by atoms with Crippen molar-refractivity contribution in [2.75, 3.05) is 6.61 Å². The van der Waals surface area contributed by atoms with Gasteiger partial charge in [-0.15, -0.1) is 0 Å². The largest absolute Gasteiger partial charge is 0.486 e. The standard InChI is InChI=1S/C9H6Br2FIO/c1-2-3-14-6-4-5(10)9(13)7(11)8(6)12/h2,4H,1,3H2. The fourth-order valence-corrected chi connectivity index (χ4v) is 2.28. The van der Waals surface area contributed by atoms with Gasteiger partial charge in [0.25, 0.3) is 0 Å². The monoisotopic (exact) mass is 434 g/mol. The Balaban J connectivity index is 3.12. The van der Waals surface area contributed by atoms with Gasteiger partial charge in [-0.25, -0.2) is 4.39 Å². The van der Waals surface area contributed by atoms with Gasteiger partial charge in [-0.05, 0) is 60.5 Å². The summed E-state index contributed by atoms with van der Waals surface area (Å²) in [5.74, 6) is -0.177. The maximum absolute atomic E-state index is 13.5. The fourth-order valence-electron chi connectivity index (χ4n) is 0.805. The maximum Gasteiger partial charge on any atom is 0.180 e. The molecule has 0 spiro atoms. The molecular weight excluding hydrogens is 430 g/mol. The number of halogens is 4. The number of rotatable bonds is 3. The van der Waals surface area contributed by atoms with Crippen LogP contribution in [0.4, 0.5) is 4.39 Å². The van der Waals surface area contributed by atoms with Crippen LogP contribution in [0.2, 0.25) is 0 Å². The molecule has 5 heteroatoms. The van der Waals surface area contributed by atoms with Crippen LogP contribution >= 0.6 is 54.5 Å². The van der Waals surface area contributed by atoms with Crippen molar-refractivity contribution in [3.05, 3.63) is 37.1 Å². The minimum atomic E-state index is -0.389. The Labute approximate surface area is 112 Å². The van der Waals surface area contributed by atoms with Crippen molar-refractivity contribution in [1.82, 2.24) is 0 Å². The molecule has 1 nitrogen and oxygen atoms in total. The van der Waals surface area contributed by atoms with Crippen LogP contribution < -0.4 is 4.74 Å². The Kier molecular flexibility index (Phi) is 4.86. The zero-order valence-corrected chi connectivity index (χ0v) is 12.3. The van der Waals surface area contributed by atoms with Gasteiger partial charge in [-0.2, -0.15) is 0 Å². The zero-order chi connectivity index (χ0) is 10.7. The van der Waals surface area contributed by atoms with Crippen molar-refractivity contribution in [3.8, 4) is 5.75 Å². The van der Waals surface area contributed by atoms with Gasteiger partial charge in [0.15, 0.2) is 11.6 Å². The molecule has 0 saturated heterocycles. The normalized spacial score (nSPS) is 10.0. The summed E-state index contributed by atoms with van der Waals surface area (Å²) in [5.41, 5.74) is 0. The first-order valence-electron chi connectivity index (χ1n) is 3.64. The molecule has 0 aliphatic rings. The SMILES string of the molecule is C=CCOc1cc(Br)c(I)c(Br)c1F. The first-order chi connectivity index (χ1) is 6.57. The highest BCUT2D eigenvalue weighted by molar-refractivity contribution is 14.1. The highest BCUT2D eigenvalue weighted by Gasteiger charge is 2.14. The van der Waals surface area contributed by atoms with Crippen LogP contribution in [-0.4, -0.2) is 6.61 Å². The van der Waals surface area contributed by atoms with Gasteiger partial charge in [-0.1, -0.05) is 12.7 Å². The highest BCUT2D eigenvalue weighted by Crippen LogP contribution is 2.35. The quantitative estimate of drug-likeness (QED) is 0.293. The lowest BCUT2D eigenvalue weighted by Gasteiger charge is -2.08. The molecule has 0 amide bonds. The van der Waals surface area contributed by atoms with Crippen molar-refractivity contribution in [1.29, 1.82) is 0 Å². The van der Waals surface area contributed by atoms with Crippen molar-refractivity contribution in [3.63, 3.8) is 0 Å². The van der Waals surface area contributed by atoms with Gasteiger partial charge in [0.2, 0.25) is 0 Å². The third-order valence-electron chi connectivity index (χ3n) is 1.43. The molecule has 1 rings (SSSR count). The van der Waals surface area contributed by atoms with E-state index in [1.165, 1.54) is 0 Å². The third-order valence-corrected chi connectivity index (χ3v) is 5.40. The summed E-state index contributed by atoms with van der Waals surface area (Å²) >= 11 is 8.51. The summed E-state index contributed by atoms with van der Waals surface area (Å²) in [7, 11) is 0. The molecular formula is C9H6Br2FIO. The molecule has 14 heavy (non-hydrogen) atoms. The van der Waals surface area contributed by atoms with Crippen LogP contribution in [0, 0.1) is 9.39 Å². The van der Waals surface area contributed by atoms with E-state index < -0.39 is 0 Å². The topological polar surface area (TPSA) is 9.23 Å². The number of hydrogen-bond acceptors (Lipinski definition) is 1. The smallest absolute Gasteiger partial charge is 0.180 e. The molecule has 0 heterocycles. The second-order valence-corrected chi connectivity index (χ2v) is 5.12. The molecule has 1 aromatic carbocycles. The maximum atomic E-state index is 13.5. The summed E-state index contributed by atoms with van der Waals surface area (Å²) < 4.78 is 20.7. The van der Waals surface area contributed by atoms with Crippen LogP contribution in [0.15, 0.2) is 27.7 Å². The predicted octanol–water partition coefficient (Wildman–Crippen LogP) is 4.52. The summed E-state index contributed by atoms with van der Waals surface area (Å²) in [6, 6.07) is 1.60. The van der Waals surface area contributed by atoms with E-state index in [-0.39, 0.29) is 18.2 Å². The van der Waals surface area contributed by atoms with Gasteiger partial charge >= 0.3 is 0 Å².